The molecule has 1 aromatic rings. The van der Waals surface area contributed by atoms with Crippen LogP contribution in [0.5, 0.6) is 0 Å². The Labute approximate surface area is 88.0 Å². The SMILES string of the molecule is CC(C)N(c1cncnn1)C(C)C(=O)O. The number of nitrogens with zero attached hydrogens (tertiary/aromatic N) is 4. The van der Waals surface area contributed by atoms with Gasteiger partial charge in [0, 0.05) is 6.04 Å². The average Bonchev–Trinajstić information content (AvgIpc) is 2.18. The normalized spacial score (nSPS) is 12.5. The van der Waals surface area contributed by atoms with Crippen molar-refractivity contribution < 1.29 is 9.90 Å². The number of carbonyl (C=O) groups is 1. The number of carboxylic acid groups (broad SMARTS) is 1. The average molecular weight is 210 g/mol. The van der Waals surface area contributed by atoms with Crippen molar-refractivity contribution in [2.24, 2.45) is 0 Å². The first kappa shape index (κ1) is 11.4. The van der Waals surface area contributed by atoms with Crippen LogP contribution in [0.1, 0.15) is 20.8 Å². The summed E-state index contributed by atoms with van der Waals surface area (Å²) in [5.74, 6) is -0.420. The van der Waals surface area contributed by atoms with E-state index < -0.39 is 12.0 Å². The number of carboxylic acids is 1. The zero-order valence-electron chi connectivity index (χ0n) is 8.95. The summed E-state index contributed by atoms with van der Waals surface area (Å²) in [6, 6.07) is -0.627. The summed E-state index contributed by atoms with van der Waals surface area (Å²) in [6.45, 7) is 5.40. The molecule has 0 aliphatic carbocycles. The fourth-order valence-corrected chi connectivity index (χ4v) is 1.39. The minimum Gasteiger partial charge on any atom is -0.480 e. The fraction of sp³-hybridized carbons (Fsp3) is 0.556. The highest BCUT2D eigenvalue weighted by atomic mass is 16.4. The van der Waals surface area contributed by atoms with Crippen molar-refractivity contribution in [2.45, 2.75) is 32.9 Å². The zero-order chi connectivity index (χ0) is 11.4. The van der Waals surface area contributed by atoms with Crippen molar-refractivity contribution in [1.82, 2.24) is 15.2 Å². The summed E-state index contributed by atoms with van der Waals surface area (Å²) >= 11 is 0. The lowest BCUT2D eigenvalue weighted by Crippen LogP contribution is -2.44. The molecule has 82 valence electrons. The van der Waals surface area contributed by atoms with E-state index in [1.807, 2.05) is 13.8 Å². The Hall–Kier alpha value is -1.72. The van der Waals surface area contributed by atoms with Crippen LogP contribution in [-0.2, 0) is 4.79 Å². The van der Waals surface area contributed by atoms with Gasteiger partial charge >= 0.3 is 5.97 Å². The summed E-state index contributed by atoms with van der Waals surface area (Å²) in [4.78, 5) is 16.4. The Morgan fingerprint density at radius 2 is 2.13 bits per heavy atom. The molecule has 6 nitrogen and oxygen atoms in total. The van der Waals surface area contributed by atoms with Gasteiger partial charge in [-0.3, -0.25) is 0 Å². The minimum absolute atomic E-state index is 0.0228. The van der Waals surface area contributed by atoms with Gasteiger partial charge in [-0.2, -0.15) is 0 Å². The maximum Gasteiger partial charge on any atom is 0.326 e. The maximum absolute atomic E-state index is 10.9. The number of aliphatic carboxylic acids is 1. The predicted octanol–water partition coefficient (Wildman–Crippen LogP) is 0.560. The first-order valence-electron chi connectivity index (χ1n) is 4.68. The van der Waals surface area contributed by atoms with Crippen LogP contribution in [0.3, 0.4) is 0 Å². The van der Waals surface area contributed by atoms with Crippen molar-refractivity contribution >= 4 is 11.8 Å². The molecular weight excluding hydrogens is 196 g/mol. The highest BCUT2D eigenvalue weighted by molar-refractivity contribution is 5.77. The molecule has 6 heteroatoms. The molecular formula is C9H14N4O2. The van der Waals surface area contributed by atoms with Crippen molar-refractivity contribution in [2.75, 3.05) is 4.90 Å². The molecule has 0 aliphatic rings. The third-order valence-corrected chi connectivity index (χ3v) is 2.06. The molecule has 0 saturated carbocycles. The van der Waals surface area contributed by atoms with Gasteiger partial charge in [-0.15, -0.1) is 10.2 Å². The van der Waals surface area contributed by atoms with Gasteiger partial charge in [0.05, 0.1) is 6.20 Å². The quantitative estimate of drug-likeness (QED) is 0.782. The number of hydrogen-bond donors (Lipinski definition) is 1. The van der Waals surface area contributed by atoms with Crippen LogP contribution in [0.15, 0.2) is 12.5 Å². The second-order valence-corrected chi connectivity index (χ2v) is 3.48. The molecule has 0 saturated heterocycles. The molecule has 0 fully saturated rings. The third-order valence-electron chi connectivity index (χ3n) is 2.06. The Morgan fingerprint density at radius 3 is 2.53 bits per heavy atom. The molecule has 0 aromatic carbocycles. The van der Waals surface area contributed by atoms with E-state index in [-0.39, 0.29) is 6.04 Å². The highest BCUT2D eigenvalue weighted by Crippen LogP contribution is 2.15. The van der Waals surface area contributed by atoms with Crippen LogP contribution >= 0.6 is 0 Å². The van der Waals surface area contributed by atoms with Crippen LogP contribution in [0, 0.1) is 0 Å². The van der Waals surface area contributed by atoms with Crippen molar-refractivity contribution in [3.8, 4) is 0 Å². The lowest BCUT2D eigenvalue weighted by molar-refractivity contribution is -0.138. The molecule has 0 radical (unpaired) electrons. The topological polar surface area (TPSA) is 79.2 Å². The van der Waals surface area contributed by atoms with Crippen molar-refractivity contribution in [1.29, 1.82) is 0 Å². The summed E-state index contributed by atoms with van der Waals surface area (Å²) in [5, 5.41) is 16.4. The van der Waals surface area contributed by atoms with Gasteiger partial charge < -0.3 is 10.0 Å². The number of hydrogen-bond acceptors (Lipinski definition) is 5. The van der Waals surface area contributed by atoms with Gasteiger partial charge in [-0.25, -0.2) is 9.78 Å². The monoisotopic (exact) mass is 210 g/mol. The van der Waals surface area contributed by atoms with E-state index in [1.54, 1.807) is 11.8 Å². The predicted molar refractivity (Wildman–Crippen MR) is 54.5 cm³/mol. The minimum atomic E-state index is -0.894. The first-order chi connectivity index (χ1) is 7.04. The molecule has 0 aliphatic heterocycles. The molecule has 1 aromatic heterocycles. The molecule has 1 rings (SSSR count). The van der Waals surface area contributed by atoms with Gasteiger partial charge in [0.2, 0.25) is 0 Å². The first-order valence-corrected chi connectivity index (χ1v) is 4.68. The van der Waals surface area contributed by atoms with Gasteiger partial charge in [0.25, 0.3) is 0 Å². The van der Waals surface area contributed by atoms with E-state index in [9.17, 15) is 4.79 Å². The van der Waals surface area contributed by atoms with Crippen molar-refractivity contribution in [3.05, 3.63) is 12.5 Å². The molecule has 1 heterocycles. The smallest absolute Gasteiger partial charge is 0.326 e. The van der Waals surface area contributed by atoms with Crippen LogP contribution < -0.4 is 4.90 Å². The zero-order valence-corrected chi connectivity index (χ0v) is 8.95. The Morgan fingerprint density at radius 1 is 1.47 bits per heavy atom. The fourth-order valence-electron chi connectivity index (χ4n) is 1.39. The van der Waals surface area contributed by atoms with Gasteiger partial charge in [0.15, 0.2) is 5.82 Å². The van der Waals surface area contributed by atoms with Crippen molar-refractivity contribution in [3.63, 3.8) is 0 Å². The van der Waals surface area contributed by atoms with Crippen LogP contribution in [0.25, 0.3) is 0 Å². The van der Waals surface area contributed by atoms with Crippen LogP contribution in [0.4, 0.5) is 5.82 Å². The van der Waals surface area contributed by atoms with Crippen LogP contribution in [-0.4, -0.2) is 38.3 Å². The largest absolute Gasteiger partial charge is 0.480 e. The standard InChI is InChI=1S/C9H14N4O2/c1-6(2)13(7(3)9(14)15)8-4-10-5-11-12-8/h4-7H,1-3H3,(H,14,15). The number of anilines is 1. The molecule has 0 amide bonds. The molecule has 0 bridgehead atoms. The second kappa shape index (κ2) is 4.68. The summed E-state index contributed by atoms with van der Waals surface area (Å²) < 4.78 is 0. The highest BCUT2D eigenvalue weighted by Gasteiger charge is 2.24. The van der Waals surface area contributed by atoms with Gasteiger partial charge in [-0.1, -0.05) is 0 Å². The molecule has 1 unspecified atom stereocenters. The second-order valence-electron chi connectivity index (χ2n) is 3.48. The molecule has 1 N–H and O–H groups in total. The Balaban J connectivity index is 2.99. The van der Waals surface area contributed by atoms with E-state index in [0.29, 0.717) is 5.82 Å². The van der Waals surface area contributed by atoms with Gasteiger partial charge in [-0.05, 0) is 20.8 Å². The molecule has 1 atom stereocenters. The third kappa shape index (κ3) is 2.61. The summed E-state index contributed by atoms with van der Waals surface area (Å²) in [5.41, 5.74) is 0. The lowest BCUT2D eigenvalue weighted by atomic mass is 10.2. The van der Waals surface area contributed by atoms with Gasteiger partial charge in [0.1, 0.15) is 12.4 Å². The van der Waals surface area contributed by atoms with E-state index in [2.05, 4.69) is 15.2 Å². The van der Waals surface area contributed by atoms with E-state index in [4.69, 9.17) is 5.11 Å². The summed E-state index contributed by atoms with van der Waals surface area (Å²) in [6.07, 6.45) is 2.82. The maximum atomic E-state index is 10.9. The van der Waals surface area contributed by atoms with Crippen LogP contribution in [0.2, 0.25) is 0 Å². The Bertz CT molecular complexity index is 328. The summed E-state index contributed by atoms with van der Waals surface area (Å²) in [7, 11) is 0. The number of aromatic nitrogens is 3. The van der Waals surface area contributed by atoms with E-state index in [1.165, 1.54) is 12.5 Å². The Kier molecular flexibility index (Phi) is 3.54. The number of rotatable bonds is 4. The van der Waals surface area contributed by atoms with E-state index >= 15 is 0 Å². The lowest BCUT2D eigenvalue weighted by Gasteiger charge is -2.30. The molecule has 0 spiro atoms. The molecule has 15 heavy (non-hydrogen) atoms. The van der Waals surface area contributed by atoms with E-state index in [0.717, 1.165) is 0 Å².